The van der Waals surface area contributed by atoms with Gasteiger partial charge in [0.1, 0.15) is 11.7 Å². The number of rotatable bonds is 4. The largest absolute Gasteiger partial charge is 0.344 e. The van der Waals surface area contributed by atoms with Crippen molar-refractivity contribution in [2.24, 2.45) is 5.92 Å². The van der Waals surface area contributed by atoms with Crippen molar-refractivity contribution in [2.45, 2.75) is 10.8 Å². The molecule has 0 aromatic heterocycles. The molecule has 1 heterocycles. The van der Waals surface area contributed by atoms with Gasteiger partial charge < -0.3 is 10.2 Å². The highest BCUT2D eigenvalue weighted by atomic mass is 35.5. The van der Waals surface area contributed by atoms with Gasteiger partial charge in [0.25, 0.3) is 0 Å². The molecule has 1 saturated heterocycles. The number of halogens is 2. The number of nitrogens with one attached hydrogen (secondary N) is 1. The van der Waals surface area contributed by atoms with E-state index in [1.807, 2.05) is 0 Å². The van der Waals surface area contributed by atoms with Crippen molar-refractivity contribution in [3.05, 3.63) is 58.9 Å². The number of hydrogen-bond acceptors (Lipinski definition) is 4. The molecule has 0 saturated carbocycles. The van der Waals surface area contributed by atoms with Crippen molar-refractivity contribution in [3.8, 4) is 0 Å². The molecule has 1 aliphatic heterocycles. The van der Waals surface area contributed by atoms with Gasteiger partial charge in [0.2, 0.25) is 11.8 Å². The van der Waals surface area contributed by atoms with Crippen LogP contribution in [0.15, 0.2) is 47.4 Å². The Balaban J connectivity index is 1.96. The second-order valence-electron chi connectivity index (χ2n) is 6.76. The molecule has 2 atom stereocenters. The van der Waals surface area contributed by atoms with E-state index in [0.717, 1.165) is 12.3 Å². The van der Waals surface area contributed by atoms with E-state index in [0.29, 0.717) is 5.56 Å². The van der Waals surface area contributed by atoms with E-state index >= 15 is 0 Å². The molecule has 2 amide bonds. The van der Waals surface area contributed by atoms with Gasteiger partial charge in [-0.1, -0.05) is 23.7 Å². The minimum absolute atomic E-state index is 0.0486. The number of likely N-dealkylation sites (tertiary alicyclic amines) is 1. The van der Waals surface area contributed by atoms with Crippen LogP contribution in [-0.4, -0.2) is 45.0 Å². The zero-order valence-electron chi connectivity index (χ0n) is 15.1. The predicted octanol–water partition coefficient (Wildman–Crippen LogP) is 2.69. The smallest absolute Gasteiger partial charge is 0.237 e. The minimum atomic E-state index is -3.58. The molecule has 0 unspecified atom stereocenters. The first-order chi connectivity index (χ1) is 13.1. The summed E-state index contributed by atoms with van der Waals surface area (Å²) in [6.45, 7) is 0.213. The third-order valence-corrected chi connectivity index (χ3v) is 6.03. The zero-order chi connectivity index (χ0) is 20.6. The summed E-state index contributed by atoms with van der Waals surface area (Å²) >= 11 is 5.92. The van der Waals surface area contributed by atoms with E-state index in [1.165, 1.54) is 35.2 Å². The summed E-state index contributed by atoms with van der Waals surface area (Å²) in [6, 6.07) is 9.85. The number of likely N-dealkylation sites (N-methyl/N-ethyl adjacent to an activating group) is 1. The van der Waals surface area contributed by atoms with Gasteiger partial charge in [-0.3, -0.25) is 9.59 Å². The molecule has 148 valence electrons. The minimum Gasteiger partial charge on any atom is -0.344 e. The Hall–Kier alpha value is -2.45. The first-order valence-corrected chi connectivity index (χ1v) is 10.7. The highest BCUT2D eigenvalue weighted by Crippen LogP contribution is 2.36. The molecule has 0 spiro atoms. The van der Waals surface area contributed by atoms with Gasteiger partial charge in [0, 0.05) is 30.8 Å². The quantitative estimate of drug-likeness (QED) is 0.765. The number of hydrogen-bond donors (Lipinski definition) is 1. The van der Waals surface area contributed by atoms with E-state index in [9.17, 15) is 22.4 Å². The van der Waals surface area contributed by atoms with Crippen molar-refractivity contribution >= 4 is 38.9 Å². The van der Waals surface area contributed by atoms with Crippen LogP contribution in [0.2, 0.25) is 5.02 Å². The van der Waals surface area contributed by atoms with Crippen molar-refractivity contribution in [1.29, 1.82) is 0 Å². The Kier molecular flexibility index (Phi) is 5.45. The topological polar surface area (TPSA) is 83.6 Å². The summed E-state index contributed by atoms with van der Waals surface area (Å²) in [5.74, 6) is -3.40. The summed E-state index contributed by atoms with van der Waals surface area (Å²) in [4.78, 5) is 26.9. The molecule has 1 fully saturated rings. The van der Waals surface area contributed by atoms with Crippen LogP contribution in [0.1, 0.15) is 11.5 Å². The lowest BCUT2D eigenvalue weighted by Crippen LogP contribution is -2.33. The molecule has 2 aromatic carbocycles. The Bertz CT molecular complexity index is 1040. The van der Waals surface area contributed by atoms with Crippen LogP contribution >= 0.6 is 11.6 Å². The standard InChI is InChI=1S/C19H18ClFN2O4S/c1-23-10-14(11-7-12(20)9-13(21)8-11)17(19(23)25)18(24)22-15-5-3-4-6-16(15)28(2,26)27/h3-9,14,17H,10H2,1-2H3,(H,22,24)/t14-,17+/m1/s1. The van der Waals surface area contributed by atoms with Crippen LogP contribution in [0.3, 0.4) is 0 Å². The molecule has 0 radical (unpaired) electrons. The van der Waals surface area contributed by atoms with Gasteiger partial charge in [0.15, 0.2) is 9.84 Å². The summed E-state index contributed by atoms with van der Waals surface area (Å²) in [5, 5.41) is 2.71. The summed E-state index contributed by atoms with van der Waals surface area (Å²) in [7, 11) is -2.03. The van der Waals surface area contributed by atoms with Crippen molar-refractivity contribution in [1.82, 2.24) is 4.90 Å². The molecule has 1 N–H and O–H groups in total. The fraction of sp³-hybridized carbons (Fsp3) is 0.263. The zero-order valence-corrected chi connectivity index (χ0v) is 16.7. The fourth-order valence-corrected chi connectivity index (χ4v) is 4.46. The SMILES string of the molecule is CN1C[C@H](c2cc(F)cc(Cl)c2)[C@@H](C(=O)Nc2ccccc2S(C)(=O)=O)C1=O. The first-order valence-electron chi connectivity index (χ1n) is 8.39. The highest BCUT2D eigenvalue weighted by molar-refractivity contribution is 7.90. The van der Waals surface area contributed by atoms with Gasteiger partial charge in [-0.2, -0.15) is 0 Å². The maximum Gasteiger partial charge on any atom is 0.237 e. The maximum atomic E-state index is 13.8. The fourth-order valence-electron chi connectivity index (χ4n) is 3.39. The molecule has 0 bridgehead atoms. The molecule has 2 aromatic rings. The van der Waals surface area contributed by atoms with Crippen molar-refractivity contribution in [2.75, 3.05) is 25.2 Å². The molecule has 28 heavy (non-hydrogen) atoms. The van der Waals surface area contributed by atoms with Crippen LogP contribution in [-0.2, 0) is 19.4 Å². The lowest BCUT2D eigenvalue weighted by Gasteiger charge is -2.18. The lowest BCUT2D eigenvalue weighted by atomic mass is 9.87. The molecule has 6 nitrogen and oxygen atoms in total. The number of carbonyl (C=O) groups excluding carboxylic acids is 2. The molecule has 9 heteroatoms. The molecule has 1 aliphatic rings. The number of nitrogens with zero attached hydrogens (tertiary/aromatic N) is 1. The molecular formula is C19H18ClFN2O4S. The van der Waals surface area contributed by atoms with Crippen molar-refractivity contribution in [3.63, 3.8) is 0 Å². The van der Waals surface area contributed by atoms with Gasteiger partial charge in [-0.25, -0.2) is 12.8 Å². The molecule has 3 rings (SSSR count). The van der Waals surface area contributed by atoms with E-state index in [4.69, 9.17) is 11.6 Å². The van der Waals surface area contributed by atoms with Crippen molar-refractivity contribution < 1.29 is 22.4 Å². The molecular weight excluding hydrogens is 407 g/mol. The highest BCUT2D eigenvalue weighted by Gasteiger charge is 2.44. The van der Waals surface area contributed by atoms with Crippen LogP contribution in [0.4, 0.5) is 10.1 Å². The van der Waals surface area contributed by atoms with E-state index in [1.54, 1.807) is 13.1 Å². The second-order valence-corrected chi connectivity index (χ2v) is 9.18. The van der Waals surface area contributed by atoms with Gasteiger partial charge in [0.05, 0.1) is 10.6 Å². The summed E-state index contributed by atoms with van der Waals surface area (Å²) in [5.41, 5.74) is 0.521. The maximum absolute atomic E-state index is 13.8. The Morgan fingerprint density at radius 1 is 1.25 bits per heavy atom. The number of amides is 2. The number of carbonyl (C=O) groups is 2. The number of sulfone groups is 1. The van der Waals surface area contributed by atoms with Gasteiger partial charge >= 0.3 is 0 Å². The van der Waals surface area contributed by atoms with Crippen LogP contribution in [0.25, 0.3) is 0 Å². The van der Waals surface area contributed by atoms with Gasteiger partial charge in [-0.05, 0) is 35.9 Å². The normalized spacial score (nSPS) is 19.7. The summed E-state index contributed by atoms with van der Waals surface area (Å²) in [6.07, 6.45) is 1.03. The lowest BCUT2D eigenvalue weighted by molar-refractivity contribution is -0.135. The number of anilines is 1. The predicted molar refractivity (Wildman–Crippen MR) is 103 cm³/mol. The van der Waals surface area contributed by atoms with E-state index < -0.39 is 39.3 Å². The van der Waals surface area contributed by atoms with E-state index in [2.05, 4.69) is 5.32 Å². The third-order valence-electron chi connectivity index (χ3n) is 4.66. The number of benzene rings is 2. The summed E-state index contributed by atoms with van der Waals surface area (Å²) < 4.78 is 37.7. The Morgan fingerprint density at radius 2 is 1.93 bits per heavy atom. The average molecular weight is 425 g/mol. The van der Waals surface area contributed by atoms with Crippen LogP contribution in [0.5, 0.6) is 0 Å². The second kappa shape index (κ2) is 7.52. The van der Waals surface area contributed by atoms with E-state index in [-0.39, 0.29) is 22.2 Å². The average Bonchev–Trinajstić information content (AvgIpc) is 2.89. The number of para-hydroxylation sites is 1. The monoisotopic (exact) mass is 424 g/mol. The first kappa shape index (κ1) is 20.3. The third kappa shape index (κ3) is 4.02. The van der Waals surface area contributed by atoms with Crippen LogP contribution in [0, 0.1) is 11.7 Å². The Morgan fingerprint density at radius 3 is 2.57 bits per heavy atom. The molecule has 0 aliphatic carbocycles. The van der Waals surface area contributed by atoms with Crippen LogP contribution < -0.4 is 5.32 Å². The Labute approximate surface area is 167 Å². The van der Waals surface area contributed by atoms with Gasteiger partial charge in [-0.15, -0.1) is 0 Å².